The maximum absolute atomic E-state index is 12.7. The molecule has 0 radical (unpaired) electrons. The number of nitrogen functional groups attached to an aromatic ring is 1. The van der Waals surface area contributed by atoms with Gasteiger partial charge < -0.3 is 15.4 Å². The van der Waals surface area contributed by atoms with Gasteiger partial charge in [0.05, 0.1) is 13.2 Å². The average Bonchev–Trinajstić information content (AvgIpc) is 3.06. The molecule has 4 nitrogen and oxygen atoms in total. The first-order chi connectivity index (χ1) is 11.6. The lowest BCUT2D eigenvalue weighted by Gasteiger charge is -2.18. The molecule has 1 unspecified atom stereocenters. The predicted octanol–water partition coefficient (Wildman–Crippen LogP) is 3.68. The zero-order valence-electron chi connectivity index (χ0n) is 14.5. The lowest BCUT2D eigenvalue weighted by Crippen LogP contribution is -2.30. The van der Waals surface area contributed by atoms with Crippen molar-refractivity contribution in [3.05, 3.63) is 65.2 Å². The van der Waals surface area contributed by atoms with Gasteiger partial charge in [0.15, 0.2) is 0 Å². The van der Waals surface area contributed by atoms with Gasteiger partial charge in [0, 0.05) is 30.3 Å². The van der Waals surface area contributed by atoms with E-state index in [1.54, 1.807) is 6.07 Å². The molecule has 1 heterocycles. The summed E-state index contributed by atoms with van der Waals surface area (Å²) in [5.74, 6) is 0.476. The number of aryl methyl sites for hydroxylation is 1. The zero-order valence-corrected chi connectivity index (χ0v) is 15.3. The van der Waals surface area contributed by atoms with Gasteiger partial charge >= 0.3 is 0 Å². The van der Waals surface area contributed by atoms with E-state index >= 15 is 0 Å². The van der Waals surface area contributed by atoms with Gasteiger partial charge in [0.1, 0.15) is 0 Å². The second kappa shape index (κ2) is 8.88. The second-order valence-corrected chi connectivity index (χ2v) is 6.48. The van der Waals surface area contributed by atoms with Gasteiger partial charge in [-0.25, -0.2) is 0 Å². The first kappa shape index (κ1) is 19.3. The fraction of sp³-hybridized carbons (Fsp3) is 0.350. The first-order valence-corrected chi connectivity index (χ1v) is 8.40. The van der Waals surface area contributed by atoms with Crippen molar-refractivity contribution in [1.29, 1.82) is 0 Å². The summed E-state index contributed by atoms with van der Waals surface area (Å²) in [6, 6.07) is 15.7. The van der Waals surface area contributed by atoms with Crippen molar-refractivity contribution in [2.45, 2.75) is 20.0 Å². The fourth-order valence-corrected chi connectivity index (χ4v) is 3.11. The Hall–Kier alpha value is -2.04. The van der Waals surface area contributed by atoms with Crippen LogP contribution in [0.1, 0.15) is 27.9 Å². The highest BCUT2D eigenvalue weighted by molar-refractivity contribution is 5.96. The molecule has 134 valence electrons. The summed E-state index contributed by atoms with van der Waals surface area (Å²) >= 11 is 0. The number of ether oxygens (including phenoxy) is 1. The Morgan fingerprint density at radius 1 is 1.24 bits per heavy atom. The number of carbonyl (C=O) groups is 1. The molecule has 1 aliphatic rings. The molecule has 0 aromatic heterocycles. The number of halogens is 1. The highest BCUT2D eigenvalue weighted by Gasteiger charge is 2.27. The highest BCUT2D eigenvalue weighted by atomic mass is 35.5. The van der Waals surface area contributed by atoms with E-state index in [9.17, 15) is 4.79 Å². The van der Waals surface area contributed by atoms with Crippen molar-refractivity contribution in [2.24, 2.45) is 5.92 Å². The quantitative estimate of drug-likeness (QED) is 0.827. The maximum atomic E-state index is 12.7. The van der Waals surface area contributed by atoms with Crippen LogP contribution in [-0.4, -0.2) is 30.5 Å². The Labute approximate surface area is 155 Å². The van der Waals surface area contributed by atoms with Gasteiger partial charge in [-0.1, -0.05) is 36.4 Å². The van der Waals surface area contributed by atoms with Gasteiger partial charge in [-0.15, -0.1) is 12.4 Å². The Morgan fingerprint density at radius 3 is 2.76 bits per heavy atom. The monoisotopic (exact) mass is 360 g/mol. The van der Waals surface area contributed by atoms with Crippen molar-refractivity contribution >= 4 is 24.0 Å². The Balaban J connectivity index is 0.00000225. The fourth-order valence-electron chi connectivity index (χ4n) is 3.11. The van der Waals surface area contributed by atoms with E-state index in [0.29, 0.717) is 30.4 Å². The zero-order chi connectivity index (χ0) is 16.9. The van der Waals surface area contributed by atoms with Crippen LogP contribution in [0.5, 0.6) is 0 Å². The number of benzene rings is 2. The molecule has 0 saturated carbocycles. The van der Waals surface area contributed by atoms with E-state index in [0.717, 1.165) is 25.1 Å². The molecule has 2 aromatic rings. The van der Waals surface area contributed by atoms with Crippen molar-refractivity contribution in [1.82, 2.24) is 4.90 Å². The summed E-state index contributed by atoms with van der Waals surface area (Å²) in [6.45, 7) is 4.80. The molecule has 5 heteroatoms. The number of nitrogens with zero attached hydrogens (tertiary/aromatic N) is 1. The molecule has 1 fully saturated rings. The molecule has 3 rings (SSSR count). The lowest BCUT2D eigenvalue weighted by atomic mass is 10.1. The Kier molecular flexibility index (Phi) is 6.85. The minimum Gasteiger partial charge on any atom is -0.399 e. The number of amides is 1. The molecule has 0 aliphatic carbocycles. The van der Waals surface area contributed by atoms with E-state index in [4.69, 9.17) is 10.5 Å². The van der Waals surface area contributed by atoms with Crippen LogP contribution in [0.2, 0.25) is 0 Å². The summed E-state index contributed by atoms with van der Waals surface area (Å²) in [4.78, 5) is 14.6. The molecule has 1 aliphatic heterocycles. The summed E-state index contributed by atoms with van der Waals surface area (Å²) in [7, 11) is 0. The molecule has 1 saturated heterocycles. The van der Waals surface area contributed by atoms with Gasteiger partial charge in [-0.05, 0) is 36.6 Å². The van der Waals surface area contributed by atoms with Crippen molar-refractivity contribution in [2.75, 3.05) is 25.4 Å². The Bertz CT molecular complexity index is 706. The minimum atomic E-state index is 0. The van der Waals surface area contributed by atoms with E-state index in [2.05, 4.69) is 12.1 Å². The molecule has 1 amide bonds. The third-order valence-corrected chi connectivity index (χ3v) is 4.53. The number of carbonyl (C=O) groups excluding carboxylic acids is 1. The van der Waals surface area contributed by atoms with Crippen molar-refractivity contribution < 1.29 is 9.53 Å². The Morgan fingerprint density at radius 2 is 2.00 bits per heavy atom. The largest absolute Gasteiger partial charge is 0.399 e. The minimum absolute atomic E-state index is 0. The van der Waals surface area contributed by atoms with E-state index in [1.807, 2.05) is 42.2 Å². The van der Waals surface area contributed by atoms with Crippen LogP contribution in [0.15, 0.2) is 48.5 Å². The van der Waals surface area contributed by atoms with Crippen LogP contribution in [0.4, 0.5) is 5.69 Å². The van der Waals surface area contributed by atoms with Gasteiger partial charge in [-0.3, -0.25) is 4.79 Å². The normalized spacial score (nSPS) is 16.5. The number of nitrogens with two attached hydrogens (primary N) is 1. The summed E-state index contributed by atoms with van der Waals surface area (Å²) in [5.41, 5.74) is 9.31. The molecule has 25 heavy (non-hydrogen) atoms. The maximum Gasteiger partial charge on any atom is 0.254 e. The van der Waals surface area contributed by atoms with Crippen LogP contribution in [-0.2, 0) is 11.3 Å². The summed E-state index contributed by atoms with van der Waals surface area (Å²) in [5, 5.41) is 0. The number of anilines is 1. The van der Waals surface area contributed by atoms with E-state index < -0.39 is 0 Å². The first-order valence-electron chi connectivity index (χ1n) is 8.40. The van der Waals surface area contributed by atoms with Crippen LogP contribution in [0.25, 0.3) is 0 Å². The third-order valence-electron chi connectivity index (χ3n) is 4.53. The third kappa shape index (κ3) is 4.97. The summed E-state index contributed by atoms with van der Waals surface area (Å²) < 4.78 is 5.82. The predicted molar refractivity (Wildman–Crippen MR) is 103 cm³/mol. The van der Waals surface area contributed by atoms with Crippen LogP contribution < -0.4 is 5.73 Å². The second-order valence-electron chi connectivity index (χ2n) is 6.48. The van der Waals surface area contributed by atoms with Gasteiger partial charge in [0.2, 0.25) is 0 Å². The average molecular weight is 361 g/mol. The molecular formula is C20H25ClN2O2. The molecule has 0 bridgehead atoms. The molecule has 1 atom stereocenters. The number of hydrogen-bond donors (Lipinski definition) is 1. The highest BCUT2D eigenvalue weighted by Crippen LogP contribution is 2.22. The van der Waals surface area contributed by atoms with Crippen LogP contribution in [0.3, 0.4) is 0 Å². The van der Waals surface area contributed by atoms with E-state index in [-0.39, 0.29) is 18.3 Å². The van der Waals surface area contributed by atoms with E-state index in [1.165, 1.54) is 5.56 Å². The summed E-state index contributed by atoms with van der Waals surface area (Å²) in [6.07, 6.45) is 0.988. The smallest absolute Gasteiger partial charge is 0.254 e. The molecule has 2 N–H and O–H groups in total. The van der Waals surface area contributed by atoms with Crippen LogP contribution >= 0.6 is 12.4 Å². The van der Waals surface area contributed by atoms with Crippen LogP contribution in [0, 0.1) is 12.8 Å². The number of hydrogen-bond acceptors (Lipinski definition) is 3. The van der Waals surface area contributed by atoms with Crippen molar-refractivity contribution in [3.8, 4) is 0 Å². The molecule has 2 aromatic carbocycles. The topological polar surface area (TPSA) is 55.6 Å². The lowest BCUT2D eigenvalue weighted by molar-refractivity contribution is 0.0732. The molecular weight excluding hydrogens is 336 g/mol. The van der Waals surface area contributed by atoms with Gasteiger partial charge in [-0.2, -0.15) is 0 Å². The number of likely N-dealkylation sites (tertiary alicyclic amines) is 1. The standard InChI is InChI=1S/C20H24N2O2.ClH/c1-15-7-8-18(21)11-19(15)20(23)22-10-9-17(12-22)14-24-13-16-5-3-2-4-6-16;/h2-8,11,17H,9-10,12-14,21H2,1H3;1H. The molecule has 0 spiro atoms. The van der Waals surface area contributed by atoms with Gasteiger partial charge in [0.25, 0.3) is 5.91 Å². The SMILES string of the molecule is Cc1ccc(N)cc1C(=O)N1CCC(COCc2ccccc2)C1.Cl. The van der Waals surface area contributed by atoms with Crippen molar-refractivity contribution in [3.63, 3.8) is 0 Å². The number of rotatable bonds is 5.